The Hall–Kier alpha value is -1.26. The summed E-state index contributed by atoms with van der Waals surface area (Å²) in [5.41, 5.74) is 0.520. The Labute approximate surface area is 119 Å². The Morgan fingerprint density at radius 3 is 2.68 bits per heavy atom. The molecule has 0 fully saturated rings. The summed E-state index contributed by atoms with van der Waals surface area (Å²) in [4.78, 5) is 11.9. The van der Waals surface area contributed by atoms with E-state index in [4.69, 9.17) is 16.3 Å². The minimum Gasteiger partial charge on any atom is -0.495 e. The Kier molecular flexibility index (Phi) is 5.63. The van der Waals surface area contributed by atoms with E-state index in [0.717, 1.165) is 6.42 Å². The smallest absolute Gasteiger partial charge is 0.238 e. The van der Waals surface area contributed by atoms with Gasteiger partial charge in [-0.15, -0.1) is 0 Å². The topological polar surface area (TPSA) is 50.4 Å². The molecule has 4 nitrogen and oxygen atoms in total. The highest BCUT2D eigenvalue weighted by Gasteiger charge is 2.16. The van der Waals surface area contributed by atoms with Crippen molar-refractivity contribution in [3.8, 4) is 5.75 Å². The molecule has 1 rings (SSSR count). The molecule has 0 aromatic heterocycles. The van der Waals surface area contributed by atoms with Gasteiger partial charge >= 0.3 is 0 Å². The minimum absolute atomic E-state index is 0.0598. The van der Waals surface area contributed by atoms with Gasteiger partial charge in [0.1, 0.15) is 5.75 Å². The zero-order valence-electron chi connectivity index (χ0n) is 11.8. The van der Waals surface area contributed by atoms with Crippen molar-refractivity contribution in [1.82, 2.24) is 5.32 Å². The molecule has 1 aromatic rings. The molecular formula is C14H21ClN2O2. The molecule has 0 aliphatic rings. The van der Waals surface area contributed by atoms with Crippen molar-refractivity contribution >= 4 is 23.2 Å². The fourth-order valence-electron chi connectivity index (χ4n) is 1.42. The number of halogens is 1. The van der Waals surface area contributed by atoms with E-state index in [1.54, 1.807) is 25.3 Å². The first-order valence-corrected chi connectivity index (χ1v) is 6.64. The average molecular weight is 285 g/mol. The van der Waals surface area contributed by atoms with Gasteiger partial charge < -0.3 is 15.4 Å². The van der Waals surface area contributed by atoms with Gasteiger partial charge in [-0.3, -0.25) is 4.79 Å². The highest BCUT2D eigenvalue weighted by molar-refractivity contribution is 6.31. The number of anilines is 1. The van der Waals surface area contributed by atoms with Crippen LogP contribution in [-0.2, 0) is 4.79 Å². The van der Waals surface area contributed by atoms with Crippen molar-refractivity contribution in [3.05, 3.63) is 23.2 Å². The lowest BCUT2D eigenvalue weighted by atomic mass is 10.0. The number of amides is 1. The van der Waals surface area contributed by atoms with Crippen LogP contribution in [0.15, 0.2) is 18.2 Å². The second kappa shape index (κ2) is 6.78. The second-order valence-electron chi connectivity index (χ2n) is 4.98. The van der Waals surface area contributed by atoms with Crippen LogP contribution in [0.4, 0.5) is 5.69 Å². The summed E-state index contributed by atoms with van der Waals surface area (Å²) in [7, 11) is 1.55. The monoisotopic (exact) mass is 284 g/mol. The summed E-state index contributed by atoms with van der Waals surface area (Å²) in [6.45, 7) is 6.43. The highest BCUT2D eigenvalue weighted by Crippen LogP contribution is 2.27. The zero-order chi connectivity index (χ0) is 14.5. The van der Waals surface area contributed by atoms with E-state index in [1.165, 1.54) is 0 Å². The van der Waals surface area contributed by atoms with Crippen LogP contribution in [0.3, 0.4) is 0 Å². The maximum Gasteiger partial charge on any atom is 0.238 e. The number of methoxy groups -OCH3 is 1. The van der Waals surface area contributed by atoms with Crippen molar-refractivity contribution in [2.45, 2.75) is 32.7 Å². The largest absolute Gasteiger partial charge is 0.495 e. The summed E-state index contributed by atoms with van der Waals surface area (Å²) >= 11 is 5.91. The molecule has 0 aliphatic carbocycles. The third kappa shape index (κ3) is 5.09. The lowest BCUT2D eigenvalue weighted by Gasteiger charge is -2.24. The van der Waals surface area contributed by atoms with Crippen molar-refractivity contribution in [1.29, 1.82) is 0 Å². The lowest BCUT2D eigenvalue weighted by Crippen LogP contribution is -2.43. The summed E-state index contributed by atoms with van der Waals surface area (Å²) in [6.07, 6.45) is 0.945. The molecule has 0 atom stereocenters. The number of carbonyl (C=O) groups excluding carboxylic acids is 1. The molecule has 0 aliphatic heterocycles. The van der Waals surface area contributed by atoms with E-state index in [9.17, 15) is 4.79 Å². The quantitative estimate of drug-likeness (QED) is 0.844. The van der Waals surface area contributed by atoms with Crippen LogP contribution in [-0.4, -0.2) is 25.1 Å². The Balaban J connectivity index is 2.64. The van der Waals surface area contributed by atoms with Gasteiger partial charge in [0.05, 0.1) is 19.3 Å². The van der Waals surface area contributed by atoms with E-state index in [2.05, 4.69) is 31.4 Å². The van der Waals surface area contributed by atoms with Crippen molar-refractivity contribution < 1.29 is 9.53 Å². The maximum absolute atomic E-state index is 11.9. The normalized spacial score (nSPS) is 11.2. The van der Waals surface area contributed by atoms with E-state index in [0.29, 0.717) is 16.5 Å². The third-order valence-electron chi connectivity index (χ3n) is 3.05. The van der Waals surface area contributed by atoms with Crippen molar-refractivity contribution in [2.24, 2.45) is 0 Å². The molecule has 1 aromatic carbocycles. The summed E-state index contributed by atoms with van der Waals surface area (Å²) in [5, 5.41) is 6.54. The molecule has 0 saturated carbocycles. The molecule has 5 heteroatoms. The van der Waals surface area contributed by atoms with E-state index < -0.39 is 0 Å². The first-order chi connectivity index (χ1) is 8.88. The first kappa shape index (κ1) is 15.8. The van der Waals surface area contributed by atoms with Crippen LogP contribution in [0, 0.1) is 0 Å². The zero-order valence-corrected chi connectivity index (χ0v) is 12.6. The first-order valence-electron chi connectivity index (χ1n) is 6.26. The lowest BCUT2D eigenvalue weighted by molar-refractivity contribution is -0.115. The van der Waals surface area contributed by atoms with Crippen LogP contribution in [0.5, 0.6) is 5.75 Å². The van der Waals surface area contributed by atoms with Gasteiger partial charge in [0.2, 0.25) is 5.91 Å². The molecule has 2 N–H and O–H groups in total. The van der Waals surface area contributed by atoms with Gasteiger partial charge in [0.25, 0.3) is 0 Å². The molecule has 0 spiro atoms. The average Bonchev–Trinajstić information content (AvgIpc) is 2.37. The number of carbonyl (C=O) groups is 1. The second-order valence-corrected chi connectivity index (χ2v) is 5.42. The molecular weight excluding hydrogens is 264 g/mol. The number of nitrogens with one attached hydrogen (secondary N) is 2. The van der Waals surface area contributed by atoms with Gasteiger partial charge in [0.15, 0.2) is 0 Å². The molecule has 0 heterocycles. The van der Waals surface area contributed by atoms with Gasteiger partial charge in [-0.1, -0.05) is 18.5 Å². The molecule has 19 heavy (non-hydrogen) atoms. The maximum atomic E-state index is 11.9. The number of ether oxygens (including phenoxy) is 1. The third-order valence-corrected chi connectivity index (χ3v) is 3.28. The fourth-order valence-corrected chi connectivity index (χ4v) is 1.59. The van der Waals surface area contributed by atoms with Crippen molar-refractivity contribution in [2.75, 3.05) is 19.0 Å². The Morgan fingerprint density at radius 1 is 1.42 bits per heavy atom. The van der Waals surface area contributed by atoms with E-state index in [-0.39, 0.29) is 18.0 Å². The molecule has 0 unspecified atom stereocenters. The standard InChI is InChI=1S/C14H21ClN2O2/c1-5-14(2,3)16-9-13(18)17-11-8-10(15)6-7-12(11)19-4/h6-8,16H,5,9H2,1-4H3,(H,17,18). The predicted octanol–water partition coefficient (Wildman–Crippen LogP) is 3.07. The van der Waals surface area contributed by atoms with Crippen LogP contribution in [0.1, 0.15) is 27.2 Å². The molecule has 0 bridgehead atoms. The van der Waals surface area contributed by atoms with Crippen molar-refractivity contribution in [3.63, 3.8) is 0 Å². The number of hydrogen-bond donors (Lipinski definition) is 2. The van der Waals surface area contributed by atoms with Gasteiger partial charge in [-0.05, 0) is 38.5 Å². The summed E-state index contributed by atoms with van der Waals surface area (Å²) in [5.74, 6) is 0.467. The Morgan fingerprint density at radius 2 is 2.11 bits per heavy atom. The van der Waals surface area contributed by atoms with Crippen LogP contribution >= 0.6 is 11.6 Å². The van der Waals surface area contributed by atoms with Crippen LogP contribution in [0.25, 0.3) is 0 Å². The predicted molar refractivity (Wildman–Crippen MR) is 79.0 cm³/mol. The van der Waals surface area contributed by atoms with Gasteiger partial charge in [-0.25, -0.2) is 0 Å². The number of hydrogen-bond acceptors (Lipinski definition) is 3. The SMILES string of the molecule is CCC(C)(C)NCC(=O)Nc1cc(Cl)ccc1OC. The Bertz CT molecular complexity index is 447. The summed E-state index contributed by atoms with van der Waals surface area (Å²) in [6, 6.07) is 5.11. The van der Waals surface area contributed by atoms with Crippen LogP contribution < -0.4 is 15.4 Å². The van der Waals surface area contributed by atoms with E-state index >= 15 is 0 Å². The number of rotatable bonds is 6. The highest BCUT2D eigenvalue weighted by atomic mass is 35.5. The van der Waals surface area contributed by atoms with E-state index in [1.807, 2.05) is 0 Å². The molecule has 106 valence electrons. The van der Waals surface area contributed by atoms with Crippen LogP contribution in [0.2, 0.25) is 5.02 Å². The molecule has 0 radical (unpaired) electrons. The van der Waals surface area contributed by atoms with Gasteiger partial charge in [-0.2, -0.15) is 0 Å². The van der Waals surface area contributed by atoms with Gasteiger partial charge in [0, 0.05) is 10.6 Å². The molecule has 1 amide bonds. The minimum atomic E-state index is -0.123. The summed E-state index contributed by atoms with van der Waals surface area (Å²) < 4.78 is 5.17. The fraction of sp³-hybridized carbons (Fsp3) is 0.500. The molecule has 0 saturated heterocycles. The number of benzene rings is 1.